The lowest BCUT2D eigenvalue weighted by atomic mass is 10.1. The molecule has 0 radical (unpaired) electrons. The van der Waals surface area contributed by atoms with Crippen LogP contribution in [0.5, 0.6) is 5.75 Å². The van der Waals surface area contributed by atoms with Crippen LogP contribution in [0.25, 0.3) is 0 Å². The molecule has 2 aromatic rings. The van der Waals surface area contributed by atoms with Crippen LogP contribution < -0.4 is 4.74 Å². The van der Waals surface area contributed by atoms with Crippen LogP contribution in [0.4, 0.5) is 0 Å². The van der Waals surface area contributed by atoms with Crippen LogP contribution >= 0.6 is 0 Å². The highest BCUT2D eigenvalue weighted by molar-refractivity contribution is 5.45. The van der Waals surface area contributed by atoms with Gasteiger partial charge in [-0.25, -0.2) is 0 Å². The van der Waals surface area contributed by atoms with Crippen LogP contribution in [0, 0.1) is 18.3 Å². The van der Waals surface area contributed by atoms with Gasteiger partial charge in [0.25, 0.3) is 0 Å². The summed E-state index contributed by atoms with van der Waals surface area (Å²) in [5, 5.41) is 12.9. The highest BCUT2D eigenvalue weighted by Gasteiger charge is 2.28. The molecule has 2 heterocycles. The van der Waals surface area contributed by atoms with E-state index in [2.05, 4.69) is 21.1 Å². The maximum Gasteiger partial charge on any atom is 0.231 e. The van der Waals surface area contributed by atoms with Gasteiger partial charge in [-0.05, 0) is 37.6 Å². The van der Waals surface area contributed by atoms with Gasteiger partial charge in [0.2, 0.25) is 5.89 Å². The molecule has 3 rings (SSSR count). The third kappa shape index (κ3) is 2.95. The number of hydrogen-bond acceptors (Lipinski definition) is 6. The molecule has 0 amide bonds. The van der Waals surface area contributed by atoms with Gasteiger partial charge >= 0.3 is 0 Å². The number of aromatic nitrogens is 2. The Kier molecular flexibility index (Phi) is 4.07. The molecule has 0 N–H and O–H groups in total. The molecule has 0 aliphatic carbocycles. The number of nitrogens with zero attached hydrogens (tertiary/aromatic N) is 4. The third-order valence-corrected chi connectivity index (χ3v) is 3.96. The van der Waals surface area contributed by atoms with Gasteiger partial charge in [0.15, 0.2) is 5.82 Å². The second-order valence-electron chi connectivity index (χ2n) is 5.55. The van der Waals surface area contributed by atoms with Crippen molar-refractivity contribution in [3.8, 4) is 11.8 Å². The first-order chi connectivity index (χ1) is 10.7. The molecule has 22 heavy (non-hydrogen) atoms. The van der Waals surface area contributed by atoms with Crippen LogP contribution in [-0.2, 0) is 6.54 Å². The van der Waals surface area contributed by atoms with Gasteiger partial charge in [-0.15, -0.1) is 0 Å². The molecular formula is C16H18N4O2. The molecule has 1 aliphatic heterocycles. The first kappa shape index (κ1) is 14.5. The lowest BCUT2D eigenvalue weighted by Gasteiger charge is -2.16. The lowest BCUT2D eigenvalue weighted by molar-refractivity contribution is 0.308. The van der Waals surface area contributed by atoms with E-state index in [1.807, 2.05) is 25.1 Å². The fourth-order valence-electron chi connectivity index (χ4n) is 2.84. The monoisotopic (exact) mass is 298 g/mol. The molecule has 1 saturated heterocycles. The fourth-order valence-corrected chi connectivity index (χ4v) is 2.84. The number of methoxy groups -OCH3 is 1. The Morgan fingerprint density at radius 3 is 3.05 bits per heavy atom. The fraction of sp³-hybridized carbons (Fsp3) is 0.438. The van der Waals surface area contributed by atoms with E-state index in [9.17, 15) is 0 Å². The summed E-state index contributed by atoms with van der Waals surface area (Å²) in [5.41, 5.74) is 1.70. The molecule has 114 valence electrons. The third-order valence-electron chi connectivity index (χ3n) is 3.96. The maximum atomic E-state index is 9.02. The van der Waals surface area contributed by atoms with Gasteiger partial charge in [0, 0.05) is 13.1 Å². The van der Waals surface area contributed by atoms with Crippen molar-refractivity contribution in [2.24, 2.45) is 0 Å². The van der Waals surface area contributed by atoms with Crippen LogP contribution in [0.15, 0.2) is 22.7 Å². The van der Waals surface area contributed by atoms with Crippen molar-refractivity contribution in [1.29, 1.82) is 5.26 Å². The van der Waals surface area contributed by atoms with E-state index >= 15 is 0 Å². The zero-order chi connectivity index (χ0) is 15.5. The van der Waals surface area contributed by atoms with E-state index in [1.54, 1.807) is 7.11 Å². The predicted octanol–water partition coefficient (Wildman–Crippen LogP) is 2.25. The molecule has 1 fully saturated rings. The number of rotatable bonds is 4. The number of aryl methyl sites for hydroxylation is 1. The summed E-state index contributed by atoms with van der Waals surface area (Å²) >= 11 is 0. The zero-order valence-electron chi connectivity index (χ0n) is 12.7. The summed E-state index contributed by atoms with van der Waals surface area (Å²) in [6, 6.07) is 7.85. The summed E-state index contributed by atoms with van der Waals surface area (Å²) in [6.45, 7) is 4.56. The number of ether oxygens (including phenoxy) is 1. The molecule has 0 spiro atoms. The summed E-state index contributed by atoms with van der Waals surface area (Å²) in [5.74, 6) is 2.35. The number of nitriles is 1. The Morgan fingerprint density at radius 1 is 1.50 bits per heavy atom. The molecule has 0 saturated carbocycles. The van der Waals surface area contributed by atoms with Crippen molar-refractivity contribution in [3.05, 3.63) is 41.0 Å². The molecule has 6 nitrogen and oxygen atoms in total. The van der Waals surface area contributed by atoms with E-state index in [1.165, 1.54) is 0 Å². The average molecular weight is 298 g/mol. The van der Waals surface area contributed by atoms with Crippen LogP contribution in [0.2, 0.25) is 0 Å². The van der Waals surface area contributed by atoms with Gasteiger partial charge < -0.3 is 9.26 Å². The highest BCUT2D eigenvalue weighted by Crippen LogP contribution is 2.28. The minimum absolute atomic E-state index is 0.307. The van der Waals surface area contributed by atoms with Gasteiger partial charge in [-0.2, -0.15) is 10.2 Å². The van der Waals surface area contributed by atoms with E-state index < -0.39 is 0 Å². The Balaban J connectivity index is 1.66. The van der Waals surface area contributed by atoms with Crippen molar-refractivity contribution >= 4 is 0 Å². The van der Waals surface area contributed by atoms with E-state index in [-0.39, 0.29) is 0 Å². The van der Waals surface area contributed by atoms with Crippen molar-refractivity contribution < 1.29 is 9.26 Å². The molecule has 0 unspecified atom stereocenters. The molecule has 1 atom stereocenters. The Labute approximate surface area is 129 Å². The van der Waals surface area contributed by atoms with E-state index in [4.69, 9.17) is 14.5 Å². The highest BCUT2D eigenvalue weighted by atomic mass is 16.5. The minimum atomic E-state index is 0.307. The van der Waals surface area contributed by atoms with Crippen LogP contribution in [0.3, 0.4) is 0 Å². The van der Waals surface area contributed by atoms with Gasteiger partial charge in [-0.3, -0.25) is 4.90 Å². The Bertz CT molecular complexity index is 704. The number of benzene rings is 1. The summed E-state index contributed by atoms with van der Waals surface area (Å²) in [7, 11) is 1.59. The lowest BCUT2D eigenvalue weighted by Crippen LogP contribution is -2.19. The van der Waals surface area contributed by atoms with Crippen LogP contribution in [-0.4, -0.2) is 35.2 Å². The SMILES string of the molecule is COc1cc(CN2CC[C@H](c3nc(C)no3)C2)ccc1C#N. The van der Waals surface area contributed by atoms with Crippen molar-refractivity contribution in [1.82, 2.24) is 15.0 Å². The minimum Gasteiger partial charge on any atom is -0.495 e. The molecule has 1 aromatic carbocycles. The number of hydrogen-bond donors (Lipinski definition) is 0. The normalized spacial score (nSPS) is 18.3. The smallest absolute Gasteiger partial charge is 0.231 e. The van der Waals surface area contributed by atoms with Gasteiger partial charge in [0.05, 0.1) is 18.6 Å². The van der Waals surface area contributed by atoms with Crippen LogP contribution in [0.1, 0.15) is 35.2 Å². The second-order valence-corrected chi connectivity index (χ2v) is 5.55. The second kappa shape index (κ2) is 6.16. The van der Waals surface area contributed by atoms with E-state index in [0.717, 1.165) is 37.5 Å². The largest absolute Gasteiger partial charge is 0.495 e. The summed E-state index contributed by atoms with van der Waals surface area (Å²) in [4.78, 5) is 6.68. The molecule has 1 aliphatic rings. The molecule has 0 bridgehead atoms. The summed E-state index contributed by atoms with van der Waals surface area (Å²) < 4.78 is 10.5. The van der Waals surface area contributed by atoms with Gasteiger partial charge in [-0.1, -0.05) is 11.2 Å². The molecule has 1 aromatic heterocycles. The first-order valence-electron chi connectivity index (χ1n) is 7.29. The Morgan fingerprint density at radius 2 is 2.36 bits per heavy atom. The van der Waals surface area contributed by atoms with E-state index in [0.29, 0.717) is 23.1 Å². The zero-order valence-corrected chi connectivity index (χ0v) is 12.7. The summed E-state index contributed by atoms with van der Waals surface area (Å²) in [6.07, 6.45) is 1.02. The van der Waals surface area contributed by atoms with Crippen molar-refractivity contribution in [2.75, 3.05) is 20.2 Å². The average Bonchev–Trinajstić information content (AvgIpc) is 3.16. The van der Waals surface area contributed by atoms with Gasteiger partial charge in [0.1, 0.15) is 11.8 Å². The standard InChI is InChI=1S/C16H18N4O2/c1-11-18-16(22-19-11)14-5-6-20(10-14)9-12-3-4-13(8-17)15(7-12)21-2/h3-4,7,14H,5-6,9-10H2,1-2H3/t14-/m0/s1. The van der Waals surface area contributed by atoms with Crippen molar-refractivity contribution in [3.63, 3.8) is 0 Å². The molecule has 6 heteroatoms. The Hall–Kier alpha value is -2.39. The van der Waals surface area contributed by atoms with Crippen molar-refractivity contribution in [2.45, 2.75) is 25.8 Å². The first-order valence-corrected chi connectivity index (χ1v) is 7.29. The predicted molar refractivity (Wildman–Crippen MR) is 79.4 cm³/mol. The number of likely N-dealkylation sites (tertiary alicyclic amines) is 1. The quantitative estimate of drug-likeness (QED) is 0.861. The molecular weight excluding hydrogens is 280 g/mol. The maximum absolute atomic E-state index is 9.02. The topological polar surface area (TPSA) is 75.2 Å².